The lowest BCUT2D eigenvalue weighted by atomic mass is 9.77. The molecule has 2 aromatic rings. The SMILES string of the molecule is C/C=C/CCc1ccc(-c2ccc(C3CCC(CC)CC3)cc2)c(F)c1F. The van der Waals surface area contributed by atoms with Gasteiger partial charge >= 0.3 is 0 Å². The Morgan fingerprint density at radius 3 is 2.26 bits per heavy atom. The van der Waals surface area contributed by atoms with Crippen molar-refractivity contribution in [1.82, 2.24) is 0 Å². The van der Waals surface area contributed by atoms with Crippen LogP contribution in [0.2, 0.25) is 0 Å². The molecule has 1 fully saturated rings. The molecule has 0 unspecified atom stereocenters. The molecule has 144 valence electrons. The van der Waals surface area contributed by atoms with Gasteiger partial charge in [-0.3, -0.25) is 0 Å². The highest BCUT2D eigenvalue weighted by atomic mass is 19.2. The van der Waals surface area contributed by atoms with E-state index in [2.05, 4.69) is 19.1 Å². The first-order valence-electron chi connectivity index (χ1n) is 10.3. The summed E-state index contributed by atoms with van der Waals surface area (Å²) in [7, 11) is 0. The molecule has 2 heteroatoms. The van der Waals surface area contributed by atoms with Crippen molar-refractivity contribution in [3.63, 3.8) is 0 Å². The van der Waals surface area contributed by atoms with Gasteiger partial charge in [0.25, 0.3) is 0 Å². The van der Waals surface area contributed by atoms with Gasteiger partial charge in [0.2, 0.25) is 0 Å². The summed E-state index contributed by atoms with van der Waals surface area (Å²) in [6.45, 7) is 4.21. The predicted molar refractivity (Wildman–Crippen MR) is 110 cm³/mol. The van der Waals surface area contributed by atoms with Crippen LogP contribution in [0.1, 0.15) is 69.4 Å². The molecule has 0 nitrogen and oxygen atoms in total. The second kappa shape index (κ2) is 9.30. The predicted octanol–water partition coefficient (Wildman–Crippen LogP) is 7.82. The maximum absolute atomic E-state index is 14.6. The zero-order valence-corrected chi connectivity index (χ0v) is 16.5. The molecule has 0 N–H and O–H groups in total. The summed E-state index contributed by atoms with van der Waals surface area (Å²) in [4.78, 5) is 0. The molecule has 3 rings (SSSR count). The summed E-state index contributed by atoms with van der Waals surface area (Å²) < 4.78 is 29.0. The van der Waals surface area contributed by atoms with Gasteiger partial charge in [-0.25, -0.2) is 8.78 Å². The minimum Gasteiger partial charge on any atom is -0.203 e. The third-order valence-electron chi connectivity index (χ3n) is 6.10. The summed E-state index contributed by atoms with van der Waals surface area (Å²) >= 11 is 0. The first-order valence-corrected chi connectivity index (χ1v) is 10.3. The van der Waals surface area contributed by atoms with Crippen LogP contribution in [0.25, 0.3) is 11.1 Å². The van der Waals surface area contributed by atoms with Gasteiger partial charge in [-0.15, -0.1) is 0 Å². The third kappa shape index (κ3) is 4.66. The van der Waals surface area contributed by atoms with Crippen molar-refractivity contribution in [1.29, 1.82) is 0 Å². The van der Waals surface area contributed by atoms with E-state index in [1.807, 2.05) is 31.2 Å². The lowest BCUT2D eigenvalue weighted by Crippen LogP contribution is -2.12. The Labute approximate surface area is 162 Å². The van der Waals surface area contributed by atoms with Crippen LogP contribution in [0.5, 0.6) is 0 Å². The van der Waals surface area contributed by atoms with Crippen molar-refractivity contribution in [3.05, 3.63) is 71.3 Å². The third-order valence-corrected chi connectivity index (χ3v) is 6.10. The molecule has 1 aliphatic carbocycles. The molecule has 0 saturated heterocycles. The first kappa shape index (κ1) is 19.8. The van der Waals surface area contributed by atoms with Crippen LogP contribution in [-0.2, 0) is 6.42 Å². The largest absolute Gasteiger partial charge is 0.203 e. The second-order valence-corrected chi connectivity index (χ2v) is 7.76. The molecule has 2 aromatic carbocycles. The number of halogens is 2. The summed E-state index contributed by atoms with van der Waals surface area (Å²) in [6.07, 6.45) is 11.5. The molecule has 0 atom stereocenters. The van der Waals surface area contributed by atoms with Crippen molar-refractivity contribution in [3.8, 4) is 11.1 Å². The van der Waals surface area contributed by atoms with Crippen LogP contribution in [0.3, 0.4) is 0 Å². The van der Waals surface area contributed by atoms with E-state index in [4.69, 9.17) is 0 Å². The standard InChI is InChI=1S/C25H30F2/c1-3-5-6-7-22-16-17-23(25(27)24(22)26)21-14-12-20(13-15-21)19-10-8-18(4-2)9-11-19/h3,5,12-19H,4,6-11H2,1-2H3/b5-3+. The van der Waals surface area contributed by atoms with Crippen LogP contribution in [0.4, 0.5) is 8.78 Å². The van der Waals surface area contributed by atoms with Gasteiger partial charge in [0.05, 0.1) is 0 Å². The highest BCUT2D eigenvalue weighted by Crippen LogP contribution is 2.37. The van der Waals surface area contributed by atoms with Crippen LogP contribution < -0.4 is 0 Å². The Morgan fingerprint density at radius 1 is 0.926 bits per heavy atom. The fraction of sp³-hybridized carbons (Fsp3) is 0.440. The molecule has 0 radical (unpaired) electrons. The lowest BCUT2D eigenvalue weighted by molar-refractivity contribution is 0.319. The molecule has 0 aromatic heterocycles. The summed E-state index contributed by atoms with van der Waals surface area (Å²) in [5.41, 5.74) is 2.87. The van der Waals surface area contributed by atoms with Crippen LogP contribution >= 0.6 is 0 Å². The van der Waals surface area contributed by atoms with E-state index in [1.54, 1.807) is 12.1 Å². The van der Waals surface area contributed by atoms with E-state index in [0.717, 1.165) is 17.9 Å². The number of benzene rings is 2. The van der Waals surface area contributed by atoms with E-state index >= 15 is 0 Å². The van der Waals surface area contributed by atoms with Gasteiger partial charge in [0.1, 0.15) is 0 Å². The zero-order valence-electron chi connectivity index (χ0n) is 16.5. The Hall–Kier alpha value is -1.96. The van der Waals surface area contributed by atoms with E-state index in [0.29, 0.717) is 23.5 Å². The Bertz CT molecular complexity index is 766. The molecule has 1 aliphatic rings. The molecule has 0 bridgehead atoms. The Balaban J connectivity index is 1.74. The normalized spacial score (nSPS) is 20.3. The van der Waals surface area contributed by atoms with Gasteiger partial charge in [-0.1, -0.05) is 61.9 Å². The van der Waals surface area contributed by atoms with Crippen LogP contribution in [0.15, 0.2) is 48.6 Å². The van der Waals surface area contributed by atoms with Crippen molar-refractivity contribution < 1.29 is 8.78 Å². The van der Waals surface area contributed by atoms with E-state index in [9.17, 15) is 8.78 Å². The highest BCUT2D eigenvalue weighted by Gasteiger charge is 2.21. The maximum Gasteiger partial charge on any atom is 0.166 e. The first-order chi connectivity index (χ1) is 13.1. The molecule has 1 saturated carbocycles. The number of aryl methyl sites for hydroxylation is 1. The highest BCUT2D eigenvalue weighted by molar-refractivity contribution is 5.65. The molecular formula is C25H30F2. The van der Waals surface area contributed by atoms with Crippen LogP contribution in [0, 0.1) is 17.6 Å². The Morgan fingerprint density at radius 2 is 1.63 bits per heavy atom. The fourth-order valence-corrected chi connectivity index (χ4v) is 4.25. The minimum absolute atomic E-state index is 0.350. The maximum atomic E-state index is 14.6. The van der Waals surface area contributed by atoms with Crippen molar-refractivity contribution in [2.75, 3.05) is 0 Å². The topological polar surface area (TPSA) is 0 Å². The summed E-state index contributed by atoms with van der Waals surface area (Å²) in [6, 6.07) is 11.5. The Kier molecular flexibility index (Phi) is 6.82. The lowest BCUT2D eigenvalue weighted by Gasteiger charge is -2.28. The van der Waals surface area contributed by atoms with Crippen molar-refractivity contribution in [2.24, 2.45) is 5.92 Å². The quantitative estimate of drug-likeness (QED) is 0.456. The van der Waals surface area contributed by atoms with Gasteiger partial charge < -0.3 is 0 Å². The van der Waals surface area contributed by atoms with Crippen molar-refractivity contribution in [2.45, 2.75) is 64.7 Å². The fourth-order valence-electron chi connectivity index (χ4n) is 4.25. The van der Waals surface area contributed by atoms with Gasteiger partial charge in [0.15, 0.2) is 11.6 Å². The minimum atomic E-state index is -0.732. The second-order valence-electron chi connectivity index (χ2n) is 7.76. The molecule has 27 heavy (non-hydrogen) atoms. The zero-order chi connectivity index (χ0) is 19.2. The summed E-state index contributed by atoms with van der Waals surface area (Å²) in [5, 5.41) is 0. The summed E-state index contributed by atoms with van der Waals surface area (Å²) in [5.74, 6) is 0.0458. The molecular weight excluding hydrogens is 338 g/mol. The van der Waals surface area contributed by atoms with Crippen LogP contribution in [-0.4, -0.2) is 0 Å². The number of hydrogen-bond donors (Lipinski definition) is 0. The van der Waals surface area contributed by atoms with Gasteiger partial charge in [-0.2, -0.15) is 0 Å². The van der Waals surface area contributed by atoms with E-state index in [-0.39, 0.29) is 0 Å². The molecule has 0 aliphatic heterocycles. The molecule has 0 spiro atoms. The number of allylic oxidation sites excluding steroid dienone is 2. The smallest absolute Gasteiger partial charge is 0.166 e. The van der Waals surface area contributed by atoms with E-state index in [1.165, 1.54) is 37.7 Å². The molecule has 0 heterocycles. The van der Waals surface area contributed by atoms with Crippen molar-refractivity contribution >= 4 is 0 Å². The molecule has 0 amide bonds. The van der Waals surface area contributed by atoms with E-state index < -0.39 is 11.6 Å². The number of rotatable bonds is 6. The van der Waals surface area contributed by atoms with Gasteiger partial charge in [0, 0.05) is 5.56 Å². The average molecular weight is 369 g/mol. The van der Waals surface area contributed by atoms with Gasteiger partial charge in [-0.05, 0) is 74.0 Å². The average Bonchev–Trinajstić information content (AvgIpc) is 2.72. The monoisotopic (exact) mass is 368 g/mol. The number of hydrogen-bond acceptors (Lipinski definition) is 0.